The lowest BCUT2D eigenvalue weighted by Gasteiger charge is -2.32. The molecule has 2 nitrogen and oxygen atoms in total. The number of benzene rings is 2. The van der Waals surface area contributed by atoms with E-state index in [-0.39, 0.29) is 6.10 Å². The van der Waals surface area contributed by atoms with Gasteiger partial charge in [0, 0.05) is 22.5 Å². The van der Waals surface area contributed by atoms with Gasteiger partial charge in [-0.3, -0.25) is 0 Å². The average Bonchev–Trinajstić information content (AvgIpc) is 2.46. The highest BCUT2D eigenvalue weighted by molar-refractivity contribution is 9.10. The van der Waals surface area contributed by atoms with Crippen LogP contribution in [0.15, 0.2) is 46.9 Å². The van der Waals surface area contributed by atoms with E-state index < -0.39 is 0 Å². The number of ether oxygens (including phenoxy) is 1. The largest absolute Gasteiger partial charge is 0.485 e. The van der Waals surface area contributed by atoms with Gasteiger partial charge in [0.1, 0.15) is 11.9 Å². The molecule has 1 heterocycles. The van der Waals surface area contributed by atoms with E-state index in [4.69, 9.17) is 4.74 Å². The van der Waals surface area contributed by atoms with Crippen LogP contribution in [0.2, 0.25) is 0 Å². The fourth-order valence-electron chi connectivity index (χ4n) is 2.77. The Balaban J connectivity index is 1.96. The standard InChI is InChI=1S/C17H18BrNO/c1-11-6-7-16-14(8-11)15(19-2)10-17(20-16)12-4-3-5-13(18)9-12/h3-9,15,17,19H,10H2,1-2H3. The van der Waals surface area contributed by atoms with Gasteiger partial charge in [-0.25, -0.2) is 0 Å². The number of fused-ring (bicyclic) bond motifs is 1. The summed E-state index contributed by atoms with van der Waals surface area (Å²) in [6.07, 6.45) is 1.05. The summed E-state index contributed by atoms with van der Waals surface area (Å²) in [5, 5.41) is 3.41. The molecule has 0 amide bonds. The van der Waals surface area contributed by atoms with Crippen molar-refractivity contribution in [2.45, 2.75) is 25.5 Å². The van der Waals surface area contributed by atoms with Crippen molar-refractivity contribution < 1.29 is 4.74 Å². The normalized spacial score (nSPS) is 21.1. The Bertz CT molecular complexity index is 626. The molecule has 1 aliphatic rings. The number of aryl methyl sites for hydroxylation is 1. The summed E-state index contributed by atoms with van der Waals surface area (Å²) >= 11 is 3.53. The van der Waals surface area contributed by atoms with Crippen molar-refractivity contribution in [2.75, 3.05) is 7.05 Å². The third-order valence-electron chi connectivity index (χ3n) is 3.83. The van der Waals surface area contributed by atoms with Crippen molar-refractivity contribution in [1.82, 2.24) is 5.32 Å². The van der Waals surface area contributed by atoms with Gasteiger partial charge in [-0.15, -0.1) is 0 Å². The first kappa shape index (κ1) is 13.7. The van der Waals surface area contributed by atoms with Gasteiger partial charge in [0.2, 0.25) is 0 Å². The van der Waals surface area contributed by atoms with Crippen LogP contribution in [0.4, 0.5) is 0 Å². The first-order valence-electron chi connectivity index (χ1n) is 6.87. The van der Waals surface area contributed by atoms with Crippen LogP contribution in [0.3, 0.4) is 0 Å². The zero-order valence-corrected chi connectivity index (χ0v) is 13.3. The van der Waals surface area contributed by atoms with E-state index in [1.54, 1.807) is 0 Å². The fourth-order valence-corrected chi connectivity index (χ4v) is 3.19. The van der Waals surface area contributed by atoms with E-state index in [1.165, 1.54) is 16.7 Å². The zero-order valence-electron chi connectivity index (χ0n) is 11.7. The Kier molecular flexibility index (Phi) is 3.81. The number of hydrogen-bond acceptors (Lipinski definition) is 2. The summed E-state index contributed by atoms with van der Waals surface area (Å²) in [7, 11) is 2.01. The van der Waals surface area contributed by atoms with Gasteiger partial charge >= 0.3 is 0 Å². The van der Waals surface area contributed by atoms with Crippen molar-refractivity contribution >= 4 is 15.9 Å². The Labute approximate surface area is 128 Å². The topological polar surface area (TPSA) is 21.3 Å². The molecule has 0 spiro atoms. The molecule has 0 fully saturated rings. The van der Waals surface area contributed by atoms with Crippen molar-refractivity contribution in [3.63, 3.8) is 0 Å². The van der Waals surface area contributed by atoms with E-state index in [2.05, 4.69) is 64.6 Å². The van der Waals surface area contributed by atoms with E-state index in [0.29, 0.717) is 6.04 Å². The van der Waals surface area contributed by atoms with Crippen LogP contribution in [-0.2, 0) is 0 Å². The van der Waals surface area contributed by atoms with Crippen LogP contribution in [0.25, 0.3) is 0 Å². The molecule has 3 heteroatoms. The smallest absolute Gasteiger partial charge is 0.126 e. The molecule has 2 aromatic carbocycles. The molecule has 1 aliphatic heterocycles. The van der Waals surface area contributed by atoms with Crippen LogP contribution in [-0.4, -0.2) is 7.05 Å². The second-order valence-electron chi connectivity index (χ2n) is 5.28. The molecule has 0 saturated heterocycles. The van der Waals surface area contributed by atoms with Gasteiger partial charge in [0.15, 0.2) is 0 Å². The third kappa shape index (κ3) is 2.60. The minimum absolute atomic E-state index is 0.0974. The summed E-state index contributed by atoms with van der Waals surface area (Å²) in [6, 6.07) is 15.1. The maximum Gasteiger partial charge on any atom is 0.126 e. The summed E-state index contributed by atoms with van der Waals surface area (Å²) < 4.78 is 7.29. The third-order valence-corrected chi connectivity index (χ3v) is 4.32. The number of halogens is 1. The van der Waals surface area contributed by atoms with Gasteiger partial charge in [0.25, 0.3) is 0 Å². The van der Waals surface area contributed by atoms with Crippen molar-refractivity contribution in [3.8, 4) is 5.75 Å². The molecular formula is C17H18BrNO. The van der Waals surface area contributed by atoms with E-state index in [1.807, 2.05) is 13.1 Å². The molecule has 20 heavy (non-hydrogen) atoms. The Morgan fingerprint density at radius 1 is 1.20 bits per heavy atom. The molecular weight excluding hydrogens is 314 g/mol. The monoisotopic (exact) mass is 331 g/mol. The molecule has 2 unspecified atom stereocenters. The molecule has 0 bridgehead atoms. The first-order valence-corrected chi connectivity index (χ1v) is 7.66. The van der Waals surface area contributed by atoms with Crippen molar-refractivity contribution in [1.29, 1.82) is 0 Å². The Morgan fingerprint density at radius 3 is 2.80 bits per heavy atom. The molecule has 0 saturated carbocycles. The number of nitrogens with one attached hydrogen (secondary N) is 1. The number of rotatable bonds is 2. The number of hydrogen-bond donors (Lipinski definition) is 1. The zero-order chi connectivity index (χ0) is 14.1. The van der Waals surface area contributed by atoms with Crippen LogP contribution in [0.1, 0.15) is 35.3 Å². The SMILES string of the molecule is CNC1CC(c2cccc(Br)c2)Oc2ccc(C)cc21. The molecule has 0 aliphatic carbocycles. The van der Waals surface area contributed by atoms with Gasteiger partial charge in [-0.1, -0.05) is 45.8 Å². The van der Waals surface area contributed by atoms with Crippen LogP contribution in [0, 0.1) is 6.92 Å². The van der Waals surface area contributed by atoms with Gasteiger partial charge < -0.3 is 10.1 Å². The van der Waals surface area contributed by atoms with Crippen LogP contribution in [0.5, 0.6) is 5.75 Å². The fraction of sp³-hybridized carbons (Fsp3) is 0.294. The van der Waals surface area contributed by atoms with Gasteiger partial charge in [0.05, 0.1) is 0 Å². The van der Waals surface area contributed by atoms with E-state index in [9.17, 15) is 0 Å². The second kappa shape index (κ2) is 5.58. The molecule has 2 atom stereocenters. The summed E-state index contributed by atoms with van der Waals surface area (Å²) in [5.41, 5.74) is 3.75. The highest BCUT2D eigenvalue weighted by Gasteiger charge is 2.28. The molecule has 0 aromatic heterocycles. The van der Waals surface area contributed by atoms with Gasteiger partial charge in [-0.05, 0) is 37.7 Å². The molecule has 1 N–H and O–H groups in total. The first-order chi connectivity index (χ1) is 9.67. The molecule has 104 valence electrons. The minimum Gasteiger partial charge on any atom is -0.485 e. The predicted molar refractivity (Wildman–Crippen MR) is 85.1 cm³/mol. The molecule has 3 rings (SSSR count). The lowest BCUT2D eigenvalue weighted by Crippen LogP contribution is -2.26. The lowest BCUT2D eigenvalue weighted by molar-refractivity contribution is 0.154. The highest BCUT2D eigenvalue weighted by atomic mass is 79.9. The van der Waals surface area contributed by atoms with Crippen LogP contribution >= 0.6 is 15.9 Å². The minimum atomic E-state index is 0.0974. The van der Waals surface area contributed by atoms with Crippen molar-refractivity contribution in [3.05, 3.63) is 63.6 Å². The Morgan fingerprint density at radius 2 is 2.05 bits per heavy atom. The molecule has 0 radical (unpaired) electrons. The second-order valence-corrected chi connectivity index (χ2v) is 6.20. The highest BCUT2D eigenvalue weighted by Crippen LogP contribution is 2.41. The summed E-state index contributed by atoms with van der Waals surface area (Å²) in [5.74, 6) is 0.992. The lowest BCUT2D eigenvalue weighted by atomic mass is 9.92. The average molecular weight is 332 g/mol. The maximum atomic E-state index is 6.20. The van der Waals surface area contributed by atoms with Crippen molar-refractivity contribution in [2.24, 2.45) is 0 Å². The van der Waals surface area contributed by atoms with Crippen LogP contribution < -0.4 is 10.1 Å². The summed E-state index contributed by atoms with van der Waals surface area (Å²) in [6.45, 7) is 2.12. The summed E-state index contributed by atoms with van der Waals surface area (Å²) in [4.78, 5) is 0. The molecule has 2 aromatic rings. The van der Waals surface area contributed by atoms with E-state index in [0.717, 1.165) is 16.6 Å². The Hall–Kier alpha value is -1.32. The van der Waals surface area contributed by atoms with Gasteiger partial charge in [-0.2, -0.15) is 0 Å². The quantitative estimate of drug-likeness (QED) is 0.872. The van der Waals surface area contributed by atoms with E-state index >= 15 is 0 Å². The maximum absolute atomic E-state index is 6.20. The predicted octanol–water partition coefficient (Wildman–Crippen LogP) is 4.54.